The monoisotopic (exact) mass is 470 g/mol. The Labute approximate surface area is 196 Å². The summed E-state index contributed by atoms with van der Waals surface area (Å²) in [6.45, 7) is 0. The molecule has 1 aliphatic heterocycles. The largest absolute Gasteiger partial charge is 0.493 e. The molecule has 0 saturated heterocycles. The number of thioether (sulfide) groups is 1. The summed E-state index contributed by atoms with van der Waals surface area (Å²) < 4.78 is 21.0. The second-order valence-electron chi connectivity index (χ2n) is 6.86. The van der Waals surface area contributed by atoms with Crippen LogP contribution in [-0.2, 0) is 14.3 Å². The van der Waals surface area contributed by atoms with Crippen molar-refractivity contribution in [2.24, 2.45) is 0 Å². The lowest BCUT2D eigenvalue weighted by Crippen LogP contribution is -2.13. The summed E-state index contributed by atoms with van der Waals surface area (Å²) in [6.07, 6.45) is 3.04. The van der Waals surface area contributed by atoms with Gasteiger partial charge in [0.2, 0.25) is 11.7 Å². The van der Waals surface area contributed by atoms with Crippen molar-refractivity contribution in [1.82, 2.24) is 0 Å². The first kappa shape index (κ1) is 24.1. The quantitative estimate of drug-likeness (QED) is 0.420. The summed E-state index contributed by atoms with van der Waals surface area (Å²) in [6, 6.07) is 10.8. The zero-order chi connectivity index (χ0) is 23.8. The minimum Gasteiger partial charge on any atom is -0.493 e. The summed E-state index contributed by atoms with van der Waals surface area (Å²) in [5.74, 6) is 2.00. The molecule has 33 heavy (non-hydrogen) atoms. The molecule has 0 spiro atoms. The van der Waals surface area contributed by atoms with E-state index in [1.807, 2.05) is 18.2 Å². The molecule has 1 aliphatic rings. The maximum absolute atomic E-state index is 12.7. The second-order valence-corrected chi connectivity index (χ2v) is 7.84. The van der Waals surface area contributed by atoms with Crippen LogP contribution in [0.1, 0.15) is 5.56 Å². The zero-order valence-electron chi connectivity index (χ0n) is 18.9. The average molecular weight is 471 g/mol. The fraction of sp³-hybridized carbons (Fsp3) is 0.250. The van der Waals surface area contributed by atoms with Crippen molar-refractivity contribution in [2.75, 3.05) is 50.6 Å². The highest BCUT2D eigenvalue weighted by molar-refractivity contribution is 8.00. The Morgan fingerprint density at radius 3 is 2.30 bits per heavy atom. The third kappa shape index (κ3) is 5.61. The van der Waals surface area contributed by atoms with Gasteiger partial charge in [0.15, 0.2) is 11.5 Å². The van der Waals surface area contributed by atoms with Gasteiger partial charge in [0.05, 0.1) is 45.4 Å². The highest BCUT2D eigenvalue weighted by Crippen LogP contribution is 2.40. The summed E-state index contributed by atoms with van der Waals surface area (Å²) in [7, 11) is 5.95. The van der Waals surface area contributed by atoms with Crippen molar-refractivity contribution in [2.45, 2.75) is 0 Å². The highest BCUT2D eigenvalue weighted by Gasteiger charge is 2.23. The van der Waals surface area contributed by atoms with Crippen LogP contribution in [-0.4, -0.2) is 51.8 Å². The smallest absolute Gasteiger partial charge is 0.336 e. The Morgan fingerprint density at radius 2 is 1.64 bits per heavy atom. The Morgan fingerprint density at radius 1 is 0.909 bits per heavy atom. The number of ether oxygens (including phenoxy) is 4. The number of hydrogen-bond donors (Lipinski definition) is 2. The van der Waals surface area contributed by atoms with E-state index in [4.69, 9.17) is 18.9 Å². The molecule has 0 atom stereocenters. The van der Waals surface area contributed by atoms with Crippen molar-refractivity contribution < 1.29 is 28.5 Å². The molecular formula is C24H26N2O6S. The van der Waals surface area contributed by atoms with Crippen LogP contribution in [0.25, 0.3) is 6.08 Å². The van der Waals surface area contributed by atoms with Gasteiger partial charge in [-0.15, -0.1) is 0 Å². The van der Waals surface area contributed by atoms with Crippen LogP contribution in [0.2, 0.25) is 0 Å². The van der Waals surface area contributed by atoms with E-state index in [9.17, 15) is 9.59 Å². The number of anilines is 2. The van der Waals surface area contributed by atoms with Gasteiger partial charge in [0, 0.05) is 28.8 Å². The number of hydrogen-bond acceptors (Lipinski definition) is 8. The van der Waals surface area contributed by atoms with E-state index in [0.717, 1.165) is 5.70 Å². The third-order valence-electron chi connectivity index (χ3n) is 4.91. The van der Waals surface area contributed by atoms with Gasteiger partial charge in [0.1, 0.15) is 0 Å². The van der Waals surface area contributed by atoms with Gasteiger partial charge in [-0.05, 0) is 30.3 Å². The number of carbonyl (C=O) groups is 2. The molecule has 2 N–H and O–H groups in total. The number of esters is 1. The first-order chi connectivity index (χ1) is 16.0. The standard InChI is InChI=1S/C24H26N2O6S/c1-29-20-11-9-15(22(30-2)23(20)31-3)10-12-21(27)26-18-8-6-5-7-17(18)25-19-14-33-13-16(19)24(28)32-4/h5-12,25H,13-14H2,1-4H3,(H,26,27). The molecule has 1 heterocycles. The molecule has 0 bridgehead atoms. The molecule has 0 aromatic heterocycles. The van der Waals surface area contributed by atoms with Crippen LogP contribution < -0.4 is 24.8 Å². The Bertz CT molecular complexity index is 1100. The second kappa shape index (κ2) is 11.3. The van der Waals surface area contributed by atoms with Gasteiger partial charge in [-0.2, -0.15) is 11.8 Å². The SMILES string of the molecule is COC(=O)C1=C(Nc2ccccc2NC(=O)C=Cc2ccc(OC)c(OC)c2OC)CSC1. The van der Waals surface area contributed by atoms with Crippen molar-refractivity contribution in [3.63, 3.8) is 0 Å². The molecule has 0 fully saturated rings. The van der Waals surface area contributed by atoms with E-state index >= 15 is 0 Å². The number of methoxy groups -OCH3 is 4. The average Bonchev–Trinajstić information content (AvgIpc) is 3.30. The van der Waals surface area contributed by atoms with E-state index in [0.29, 0.717) is 51.3 Å². The molecule has 0 radical (unpaired) electrons. The molecule has 2 aromatic carbocycles. The molecule has 8 nitrogen and oxygen atoms in total. The number of carbonyl (C=O) groups excluding carboxylic acids is 2. The fourth-order valence-electron chi connectivity index (χ4n) is 3.31. The lowest BCUT2D eigenvalue weighted by molar-refractivity contribution is -0.136. The van der Waals surface area contributed by atoms with Crippen LogP contribution in [0.4, 0.5) is 11.4 Å². The minimum atomic E-state index is -0.351. The summed E-state index contributed by atoms with van der Waals surface area (Å²) in [5, 5.41) is 6.14. The number of para-hydroxylation sites is 2. The number of nitrogens with one attached hydrogen (secondary N) is 2. The number of rotatable bonds is 9. The lowest BCUT2D eigenvalue weighted by atomic mass is 10.1. The van der Waals surface area contributed by atoms with Gasteiger partial charge < -0.3 is 29.6 Å². The molecule has 174 valence electrons. The summed E-state index contributed by atoms with van der Waals surface area (Å²) in [5.41, 5.74) is 3.30. The topological polar surface area (TPSA) is 95.1 Å². The maximum Gasteiger partial charge on any atom is 0.336 e. The lowest BCUT2D eigenvalue weighted by Gasteiger charge is -2.14. The van der Waals surface area contributed by atoms with Gasteiger partial charge in [0.25, 0.3) is 0 Å². The van der Waals surface area contributed by atoms with Crippen LogP contribution in [0.3, 0.4) is 0 Å². The first-order valence-corrected chi connectivity index (χ1v) is 11.2. The molecule has 3 rings (SSSR count). The van der Waals surface area contributed by atoms with Crippen LogP contribution in [0.5, 0.6) is 17.2 Å². The van der Waals surface area contributed by atoms with Crippen LogP contribution in [0, 0.1) is 0 Å². The molecule has 2 aromatic rings. The minimum absolute atomic E-state index is 0.330. The van der Waals surface area contributed by atoms with Crippen LogP contribution >= 0.6 is 11.8 Å². The first-order valence-electron chi connectivity index (χ1n) is 10.0. The number of amides is 1. The van der Waals surface area contributed by atoms with E-state index in [-0.39, 0.29) is 11.9 Å². The zero-order valence-corrected chi connectivity index (χ0v) is 19.7. The summed E-state index contributed by atoms with van der Waals surface area (Å²) in [4.78, 5) is 24.7. The van der Waals surface area contributed by atoms with Gasteiger partial charge in [-0.1, -0.05) is 12.1 Å². The molecular weight excluding hydrogens is 444 g/mol. The van der Waals surface area contributed by atoms with Gasteiger partial charge in [-0.3, -0.25) is 4.79 Å². The molecule has 1 amide bonds. The molecule has 0 saturated carbocycles. The third-order valence-corrected chi connectivity index (χ3v) is 5.89. The Kier molecular flexibility index (Phi) is 8.26. The van der Waals surface area contributed by atoms with Crippen molar-refractivity contribution in [3.05, 3.63) is 59.3 Å². The van der Waals surface area contributed by atoms with Gasteiger partial charge >= 0.3 is 5.97 Å². The normalized spacial score (nSPS) is 13.1. The Hall–Kier alpha value is -3.59. The van der Waals surface area contributed by atoms with Gasteiger partial charge in [-0.25, -0.2) is 4.79 Å². The predicted molar refractivity (Wildman–Crippen MR) is 130 cm³/mol. The van der Waals surface area contributed by atoms with E-state index in [1.165, 1.54) is 27.4 Å². The summed E-state index contributed by atoms with van der Waals surface area (Å²) >= 11 is 1.62. The highest BCUT2D eigenvalue weighted by atomic mass is 32.2. The van der Waals surface area contributed by atoms with Crippen molar-refractivity contribution >= 4 is 41.1 Å². The van der Waals surface area contributed by atoms with Crippen LogP contribution in [0.15, 0.2) is 53.7 Å². The van der Waals surface area contributed by atoms with E-state index in [1.54, 1.807) is 43.1 Å². The number of benzene rings is 2. The predicted octanol–water partition coefficient (Wildman–Crippen LogP) is 3.95. The van der Waals surface area contributed by atoms with Crippen molar-refractivity contribution in [1.29, 1.82) is 0 Å². The van der Waals surface area contributed by atoms with E-state index in [2.05, 4.69) is 10.6 Å². The molecule has 0 aliphatic carbocycles. The van der Waals surface area contributed by atoms with E-state index < -0.39 is 0 Å². The Balaban J connectivity index is 1.79. The molecule has 0 unspecified atom stereocenters. The maximum atomic E-state index is 12.7. The molecule has 9 heteroatoms. The fourth-order valence-corrected chi connectivity index (χ4v) is 4.35. The van der Waals surface area contributed by atoms with Crippen molar-refractivity contribution in [3.8, 4) is 17.2 Å².